The highest BCUT2D eigenvalue weighted by Gasteiger charge is 2.39. The number of likely N-dealkylation sites (N-methyl/N-ethyl adjacent to an activating group) is 1. The standard InChI is InChI=1S/C12H25N3O2S/c1-3-12(8-13)18(16,17)15-7-6-10-4-5-11(9-15)14(10)2/h10-12H,3-9,13H2,1-2H3. The Morgan fingerprint density at radius 2 is 1.94 bits per heavy atom. The Hall–Kier alpha value is -0.170. The molecule has 0 amide bonds. The van der Waals surface area contributed by atoms with Crippen LogP contribution >= 0.6 is 0 Å². The monoisotopic (exact) mass is 275 g/mol. The summed E-state index contributed by atoms with van der Waals surface area (Å²) in [5.41, 5.74) is 5.60. The Kier molecular flexibility index (Phi) is 4.31. The first-order chi connectivity index (χ1) is 8.50. The second-order valence-electron chi connectivity index (χ2n) is 5.51. The summed E-state index contributed by atoms with van der Waals surface area (Å²) in [4.78, 5) is 2.36. The molecule has 0 aromatic rings. The van der Waals surface area contributed by atoms with E-state index in [0.29, 0.717) is 31.6 Å². The summed E-state index contributed by atoms with van der Waals surface area (Å²) in [6, 6.07) is 0.954. The van der Waals surface area contributed by atoms with Crippen LogP contribution in [-0.2, 0) is 10.0 Å². The molecule has 2 rings (SSSR count). The van der Waals surface area contributed by atoms with E-state index >= 15 is 0 Å². The average Bonchev–Trinajstić information content (AvgIpc) is 2.53. The van der Waals surface area contributed by atoms with Crippen LogP contribution in [0.3, 0.4) is 0 Å². The Labute approximate surface area is 110 Å². The molecule has 6 heteroatoms. The van der Waals surface area contributed by atoms with Gasteiger partial charge in [0.2, 0.25) is 10.0 Å². The Bertz CT molecular complexity index is 381. The number of hydrogen-bond donors (Lipinski definition) is 1. The average molecular weight is 275 g/mol. The normalized spacial score (nSPS) is 32.4. The van der Waals surface area contributed by atoms with E-state index in [1.54, 1.807) is 4.31 Å². The van der Waals surface area contributed by atoms with Crippen LogP contribution in [0.25, 0.3) is 0 Å². The van der Waals surface area contributed by atoms with E-state index in [2.05, 4.69) is 11.9 Å². The first kappa shape index (κ1) is 14.2. The number of nitrogens with zero attached hydrogens (tertiary/aromatic N) is 2. The fourth-order valence-electron chi connectivity index (χ4n) is 3.22. The third-order valence-corrected chi connectivity index (χ3v) is 7.03. The second-order valence-corrected chi connectivity index (χ2v) is 7.72. The zero-order valence-corrected chi connectivity index (χ0v) is 12.2. The van der Waals surface area contributed by atoms with E-state index in [0.717, 1.165) is 12.8 Å². The van der Waals surface area contributed by atoms with Crippen molar-refractivity contribution in [2.75, 3.05) is 26.7 Å². The number of rotatable bonds is 4. The molecule has 2 aliphatic rings. The van der Waals surface area contributed by atoms with E-state index < -0.39 is 15.3 Å². The van der Waals surface area contributed by atoms with Gasteiger partial charge in [0.15, 0.2) is 0 Å². The van der Waals surface area contributed by atoms with Crippen LogP contribution in [0.1, 0.15) is 32.6 Å². The van der Waals surface area contributed by atoms with Gasteiger partial charge in [0.25, 0.3) is 0 Å². The molecule has 0 aliphatic carbocycles. The number of nitrogens with two attached hydrogens (primary N) is 1. The van der Waals surface area contributed by atoms with E-state index in [9.17, 15) is 8.42 Å². The van der Waals surface area contributed by atoms with Gasteiger partial charge in [-0.1, -0.05) is 6.92 Å². The van der Waals surface area contributed by atoms with Crippen molar-refractivity contribution >= 4 is 10.0 Å². The molecule has 0 aromatic heterocycles. The van der Waals surface area contributed by atoms with Gasteiger partial charge in [0, 0.05) is 31.7 Å². The molecule has 106 valence electrons. The van der Waals surface area contributed by atoms with Crippen LogP contribution in [0.15, 0.2) is 0 Å². The van der Waals surface area contributed by atoms with E-state index in [4.69, 9.17) is 5.73 Å². The van der Waals surface area contributed by atoms with Crippen LogP contribution < -0.4 is 5.73 Å². The first-order valence-electron chi connectivity index (χ1n) is 6.91. The molecular formula is C12H25N3O2S. The lowest BCUT2D eigenvalue weighted by Crippen LogP contribution is -2.45. The van der Waals surface area contributed by atoms with E-state index in [-0.39, 0.29) is 6.54 Å². The van der Waals surface area contributed by atoms with Crippen LogP contribution in [0.4, 0.5) is 0 Å². The first-order valence-corrected chi connectivity index (χ1v) is 8.42. The topological polar surface area (TPSA) is 66.6 Å². The summed E-state index contributed by atoms with van der Waals surface area (Å²) in [6.07, 6.45) is 3.88. The molecule has 5 nitrogen and oxygen atoms in total. The molecule has 2 N–H and O–H groups in total. The summed E-state index contributed by atoms with van der Waals surface area (Å²) in [5.74, 6) is 0. The molecule has 0 radical (unpaired) electrons. The molecule has 0 aromatic carbocycles. The van der Waals surface area contributed by atoms with Crippen molar-refractivity contribution in [3.63, 3.8) is 0 Å². The zero-order valence-electron chi connectivity index (χ0n) is 11.4. The van der Waals surface area contributed by atoms with Crippen LogP contribution in [-0.4, -0.2) is 61.6 Å². The lowest BCUT2D eigenvalue weighted by atomic mass is 10.1. The van der Waals surface area contributed by atoms with Gasteiger partial charge in [-0.25, -0.2) is 12.7 Å². The van der Waals surface area contributed by atoms with Gasteiger partial charge >= 0.3 is 0 Å². The molecule has 2 heterocycles. The molecular weight excluding hydrogens is 250 g/mol. The highest BCUT2D eigenvalue weighted by molar-refractivity contribution is 7.89. The van der Waals surface area contributed by atoms with Crippen molar-refractivity contribution in [3.8, 4) is 0 Å². The largest absolute Gasteiger partial charge is 0.329 e. The number of hydrogen-bond acceptors (Lipinski definition) is 4. The number of sulfonamides is 1. The molecule has 0 spiro atoms. The Morgan fingerprint density at radius 1 is 1.28 bits per heavy atom. The summed E-state index contributed by atoms with van der Waals surface area (Å²) < 4.78 is 26.7. The molecule has 3 atom stereocenters. The molecule has 2 aliphatic heterocycles. The summed E-state index contributed by atoms with van der Waals surface area (Å²) in [6.45, 7) is 3.42. The second kappa shape index (κ2) is 5.45. The van der Waals surface area contributed by atoms with Crippen molar-refractivity contribution < 1.29 is 8.42 Å². The van der Waals surface area contributed by atoms with Crippen molar-refractivity contribution in [1.29, 1.82) is 0 Å². The molecule has 2 saturated heterocycles. The minimum absolute atomic E-state index is 0.221. The van der Waals surface area contributed by atoms with E-state index in [1.165, 1.54) is 6.42 Å². The van der Waals surface area contributed by atoms with Crippen molar-refractivity contribution in [1.82, 2.24) is 9.21 Å². The molecule has 3 unspecified atom stereocenters. The lowest BCUT2D eigenvalue weighted by Gasteiger charge is -2.28. The Morgan fingerprint density at radius 3 is 2.56 bits per heavy atom. The van der Waals surface area contributed by atoms with Gasteiger partial charge in [-0.15, -0.1) is 0 Å². The zero-order chi connectivity index (χ0) is 13.3. The molecule has 18 heavy (non-hydrogen) atoms. The maximum absolute atomic E-state index is 12.5. The van der Waals surface area contributed by atoms with Gasteiger partial charge in [-0.2, -0.15) is 0 Å². The molecule has 0 saturated carbocycles. The summed E-state index contributed by atoms with van der Waals surface area (Å²) >= 11 is 0. The fourth-order valence-corrected chi connectivity index (χ4v) is 5.04. The summed E-state index contributed by atoms with van der Waals surface area (Å²) in [7, 11) is -1.09. The fraction of sp³-hybridized carbons (Fsp3) is 1.00. The lowest BCUT2D eigenvalue weighted by molar-refractivity contribution is 0.246. The van der Waals surface area contributed by atoms with Crippen LogP contribution in [0.5, 0.6) is 0 Å². The predicted molar refractivity (Wildman–Crippen MR) is 72.8 cm³/mol. The highest BCUT2D eigenvalue weighted by Crippen LogP contribution is 2.30. The summed E-state index contributed by atoms with van der Waals surface area (Å²) in [5, 5.41) is -0.417. The van der Waals surface area contributed by atoms with Gasteiger partial charge in [-0.05, 0) is 32.7 Å². The van der Waals surface area contributed by atoms with E-state index in [1.807, 2.05) is 6.92 Å². The van der Waals surface area contributed by atoms with Crippen molar-refractivity contribution in [2.24, 2.45) is 5.73 Å². The maximum Gasteiger partial charge on any atom is 0.218 e. The quantitative estimate of drug-likeness (QED) is 0.797. The molecule has 2 fully saturated rings. The van der Waals surface area contributed by atoms with Gasteiger partial charge in [0.05, 0.1) is 5.25 Å². The van der Waals surface area contributed by atoms with Gasteiger partial charge < -0.3 is 5.73 Å². The van der Waals surface area contributed by atoms with Crippen molar-refractivity contribution in [2.45, 2.75) is 49.9 Å². The van der Waals surface area contributed by atoms with Crippen LogP contribution in [0.2, 0.25) is 0 Å². The minimum Gasteiger partial charge on any atom is -0.329 e. The van der Waals surface area contributed by atoms with Crippen LogP contribution in [0, 0.1) is 0 Å². The third kappa shape index (κ3) is 2.43. The van der Waals surface area contributed by atoms with Gasteiger partial charge in [0.1, 0.15) is 0 Å². The minimum atomic E-state index is -3.21. The smallest absolute Gasteiger partial charge is 0.218 e. The predicted octanol–water partition coefficient (Wildman–Crippen LogP) is 0.222. The Balaban J connectivity index is 2.14. The molecule has 2 bridgehead atoms. The number of fused-ring (bicyclic) bond motifs is 2. The third-order valence-electron chi connectivity index (χ3n) is 4.61. The SMILES string of the molecule is CCC(CN)S(=O)(=O)N1CCC2CCC(C1)N2C. The highest BCUT2D eigenvalue weighted by atomic mass is 32.2. The van der Waals surface area contributed by atoms with Crippen molar-refractivity contribution in [3.05, 3.63) is 0 Å². The maximum atomic E-state index is 12.5. The van der Waals surface area contributed by atoms with Gasteiger partial charge in [-0.3, -0.25) is 4.90 Å².